The van der Waals surface area contributed by atoms with Crippen LogP contribution in [0.3, 0.4) is 0 Å². The van der Waals surface area contributed by atoms with Gasteiger partial charge in [0.25, 0.3) is 0 Å². The summed E-state index contributed by atoms with van der Waals surface area (Å²) in [7, 11) is 0. The maximum atomic E-state index is 13.9. The molecule has 0 bridgehead atoms. The zero-order valence-corrected chi connectivity index (χ0v) is 16.2. The number of hydrogen-bond donors (Lipinski definition) is 2. The molecule has 0 amide bonds. The minimum Gasteiger partial charge on any atom is -0.371 e. The van der Waals surface area contributed by atoms with Crippen molar-refractivity contribution in [3.8, 4) is 0 Å². The van der Waals surface area contributed by atoms with Crippen molar-refractivity contribution in [1.29, 1.82) is 0 Å². The fraction of sp³-hybridized carbons (Fsp3) is 0.350. The Morgan fingerprint density at radius 2 is 1.92 bits per heavy atom. The lowest BCUT2D eigenvalue weighted by atomic mass is 9.87. The molecule has 6 heteroatoms. The Balaban J connectivity index is 1.68. The van der Waals surface area contributed by atoms with Crippen LogP contribution in [0, 0.1) is 12.7 Å². The molecule has 2 aromatic carbocycles. The second-order valence-corrected chi connectivity index (χ2v) is 8.48. The predicted octanol–water partition coefficient (Wildman–Crippen LogP) is 5.49. The van der Waals surface area contributed by atoms with Gasteiger partial charge in [0.15, 0.2) is 0 Å². The van der Waals surface area contributed by atoms with Gasteiger partial charge >= 0.3 is 0 Å². The molecule has 26 heavy (non-hydrogen) atoms. The summed E-state index contributed by atoms with van der Waals surface area (Å²) < 4.78 is 13.9. The van der Waals surface area contributed by atoms with E-state index >= 15 is 0 Å². The van der Waals surface area contributed by atoms with Crippen molar-refractivity contribution in [1.82, 2.24) is 0 Å². The van der Waals surface area contributed by atoms with Gasteiger partial charge in [0.05, 0.1) is 23.5 Å². The molecule has 3 nitrogen and oxygen atoms in total. The number of para-hydroxylation sites is 2. The monoisotopic (exact) mass is 389 g/mol. The number of amidine groups is 1. The number of anilines is 2. The Morgan fingerprint density at radius 1 is 1.19 bits per heavy atom. The Hall–Kier alpha value is -1.72. The van der Waals surface area contributed by atoms with E-state index in [0.29, 0.717) is 22.7 Å². The van der Waals surface area contributed by atoms with E-state index in [4.69, 9.17) is 16.6 Å². The molecule has 0 unspecified atom stereocenters. The Bertz CT molecular complexity index is 862. The van der Waals surface area contributed by atoms with Crippen molar-refractivity contribution in [3.05, 3.63) is 58.4 Å². The number of benzene rings is 2. The molecule has 0 atom stereocenters. The second-order valence-electron chi connectivity index (χ2n) is 6.85. The van der Waals surface area contributed by atoms with E-state index in [0.717, 1.165) is 41.6 Å². The van der Waals surface area contributed by atoms with Crippen molar-refractivity contribution in [2.24, 2.45) is 4.99 Å². The molecule has 2 aliphatic rings. The van der Waals surface area contributed by atoms with E-state index in [2.05, 4.69) is 16.7 Å². The Kier molecular flexibility index (Phi) is 4.84. The summed E-state index contributed by atoms with van der Waals surface area (Å²) >= 11 is 8.28. The molecular weight excluding hydrogens is 369 g/mol. The van der Waals surface area contributed by atoms with Crippen LogP contribution >= 0.6 is 23.4 Å². The zero-order valence-electron chi connectivity index (χ0n) is 14.6. The minimum atomic E-state index is -0.242. The van der Waals surface area contributed by atoms with Crippen molar-refractivity contribution < 1.29 is 4.39 Å². The highest BCUT2D eigenvalue weighted by molar-refractivity contribution is 7.99. The molecule has 1 fully saturated rings. The van der Waals surface area contributed by atoms with Crippen LogP contribution in [0.25, 0.3) is 0 Å². The number of halogens is 2. The molecule has 0 aliphatic carbocycles. The molecule has 1 spiro atoms. The first-order valence-corrected chi connectivity index (χ1v) is 10.3. The highest BCUT2D eigenvalue weighted by Crippen LogP contribution is 2.38. The van der Waals surface area contributed by atoms with E-state index < -0.39 is 0 Å². The van der Waals surface area contributed by atoms with Crippen LogP contribution in [-0.4, -0.2) is 22.9 Å². The number of rotatable bonds is 2. The average molecular weight is 390 g/mol. The van der Waals surface area contributed by atoms with E-state index in [1.54, 1.807) is 13.0 Å². The van der Waals surface area contributed by atoms with Gasteiger partial charge in [-0.25, -0.2) is 4.39 Å². The molecule has 0 radical (unpaired) electrons. The number of aliphatic imine (C=N–C) groups is 1. The lowest BCUT2D eigenvalue weighted by Crippen LogP contribution is -2.54. The first-order chi connectivity index (χ1) is 12.6. The Labute approximate surface area is 162 Å². The largest absolute Gasteiger partial charge is 0.371 e. The van der Waals surface area contributed by atoms with E-state index in [1.165, 1.54) is 6.07 Å². The molecular formula is C20H21ClFN3S. The number of thioether (sulfide) groups is 1. The van der Waals surface area contributed by atoms with Gasteiger partial charge < -0.3 is 10.6 Å². The number of fused-ring (bicyclic) bond motifs is 1. The summed E-state index contributed by atoms with van der Waals surface area (Å²) in [5.41, 5.74) is 3.21. The zero-order chi connectivity index (χ0) is 18.1. The van der Waals surface area contributed by atoms with E-state index in [-0.39, 0.29) is 11.4 Å². The number of hydrogen-bond acceptors (Lipinski definition) is 3. The average Bonchev–Trinajstić information content (AvgIpc) is 2.64. The SMILES string of the molecule is Cc1cc(Cl)c(CN=C2Nc3ccccc3NC23CCSCC3)cc1F. The van der Waals surface area contributed by atoms with Crippen LogP contribution in [0.4, 0.5) is 15.8 Å². The maximum absolute atomic E-state index is 13.9. The third-order valence-electron chi connectivity index (χ3n) is 5.09. The highest BCUT2D eigenvalue weighted by Gasteiger charge is 2.40. The van der Waals surface area contributed by atoms with Crippen molar-refractivity contribution in [3.63, 3.8) is 0 Å². The van der Waals surface area contributed by atoms with Crippen molar-refractivity contribution in [2.45, 2.75) is 31.8 Å². The van der Waals surface area contributed by atoms with Gasteiger partial charge in [-0.15, -0.1) is 0 Å². The predicted molar refractivity (Wildman–Crippen MR) is 110 cm³/mol. The van der Waals surface area contributed by atoms with Gasteiger partial charge in [-0.1, -0.05) is 23.7 Å². The normalized spacial score (nSPS) is 19.7. The molecule has 2 aromatic rings. The molecule has 2 aliphatic heterocycles. The number of aryl methyl sites for hydroxylation is 1. The molecule has 2 N–H and O–H groups in total. The molecule has 1 saturated heterocycles. The Morgan fingerprint density at radius 3 is 2.69 bits per heavy atom. The molecule has 2 heterocycles. The lowest BCUT2D eigenvalue weighted by Gasteiger charge is -2.43. The molecule has 0 saturated carbocycles. The first kappa shape index (κ1) is 17.7. The van der Waals surface area contributed by atoms with Gasteiger partial charge in [-0.05, 0) is 66.7 Å². The van der Waals surface area contributed by atoms with Crippen LogP contribution in [0.2, 0.25) is 5.02 Å². The summed E-state index contributed by atoms with van der Waals surface area (Å²) in [6.45, 7) is 2.08. The topological polar surface area (TPSA) is 36.4 Å². The number of nitrogens with zero attached hydrogens (tertiary/aromatic N) is 1. The van der Waals surface area contributed by atoms with E-state index in [1.807, 2.05) is 30.0 Å². The second kappa shape index (κ2) is 7.12. The third-order valence-corrected chi connectivity index (χ3v) is 6.43. The van der Waals surface area contributed by atoms with Crippen molar-refractivity contribution in [2.75, 3.05) is 22.1 Å². The van der Waals surface area contributed by atoms with Crippen molar-refractivity contribution >= 4 is 40.6 Å². The van der Waals surface area contributed by atoms with Gasteiger partial charge in [-0.2, -0.15) is 11.8 Å². The lowest BCUT2D eigenvalue weighted by molar-refractivity contribution is 0.559. The smallest absolute Gasteiger partial charge is 0.127 e. The molecule has 4 rings (SSSR count). The summed E-state index contributed by atoms with van der Waals surface area (Å²) in [6.07, 6.45) is 2.02. The number of nitrogens with one attached hydrogen (secondary N) is 2. The fourth-order valence-electron chi connectivity index (χ4n) is 3.51. The van der Waals surface area contributed by atoms with Gasteiger partial charge in [-0.3, -0.25) is 4.99 Å². The van der Waals surface area contributed by atoms with Crippen LogP contribution in [0.5, 0.6) is 0 Å². The van der Waals surface area contributed by atoms with Crippen LogP contribution < -0.4 is 10.6 Å². The molecule has 0 aromatic heterocycles. The summed E-state index contributed by atoms with van der Waals surface area (Å²) in [6, 6.07) is 11.3. The van der Waals surface area contributed by atoms with Crippen LogP contribution in [-0.2, 0) is 6.54 Å². The molecule has 136 valence electrons. The van der Waals surface area contributed by atoms with Crippen LogP contribution in [0.15, 0.2) is 41.4 Å². The highest BCUT2D eigenvalue weighted by atomic mass is 35.5. The summed E-state index contributed by atoms with van der Waals surface area (Å²) in [5, 5.41) is 7.80. The first-order valence-electron chi connectivity index (χ1n) is 8.79. The quantitative estimate of drug-likeness (QED) is 0.713. The van der Waals surface area contributed by atoms with Gasteiger partial charge in [0, 0.05) is 5.02 Å². The standard InChI is InChI=1S/C20H21ClFN3S/c1-13-10-15(21)14(11-16(13)22)12-23-19-20(6-8-26-9-7-20)25-18-5-3-2-4-17(18)24-19/h2-5,10-11,25H,6-9,12H2,1H3,(H,23,24). The fourth-order valence-corrected chi connectivity index (χ4v) is 4.98. The van der Waals surface area contributed by atoms with Gasteiger partial charge in [0.2, 0.25) is 0 Å². The van der Waals surface area contributed by atoms with Crippen LogP contribution in [0.1, 0.15) is 24.0 Å². The minimum absolute atomic E-state index is 0.185. The third kappa shape index (κ3) is 3.30. The summed E-state index contributed by atoms with van der Waals surface area (Å²) in [5.74, 6) is 2.87. The summed E-state index contributed by atoms with van der Waals surface area (Å²) in [4.78, 5) is 4.84. The van der Waals surface area contributed by atoms with Gasteiger partial charge in [0.1, 0.15) is 11.7 Å². The van der Waals surface area contributed by atoms with E-state index in [9.17, 15) is 4.39 Å². The maximum Gasteiger partial charge on any atom is 0.127 e.